The van der Waals surface area contributed by atoms with Crippen molar-refractivity contribution in [1.29, 1.82) is 0 Å². The Morgan fingerprint density at radius 1 is 1.50 bits per heavy atom. The summed E-state index contributed by atoms with van der Waals surface area (Å²) in [4.78, 5) is 1.56. The predicted molar refractivity (Wildman–Crippen MR) is 65.5 cm³/mol. The first kappa shape index (κ1) is 12.8. The highest BCUT2D eigenvalue weighted by molar-refractivity contribution is 7.86. The van der Waals surface area contributed by atoms with Crippen molar-refractivity contribution in [2.24, 2.45) is 7.05 Å². The van der Waals surface area contributed by atoms with E-state index < -0.39 is 15.5 Å². The van der Waals surface area contributed by atoms with Crippen LogP contribution in [0.3, 0.4) is 0 Å². The molecule has 0 bridgehead atoms. The summed E-state index contributed by atoms with van der Waals surface area (Å²) in [6.07, 6.45) is 4.82. The van der Waals surface area contributed by atoms with E-state index in [0.717, 1.165) is 0 Å². The largest absolute Gasteiger partial charge is 0.370 e. The Bertz CT molecular complexity index is 571. The Kier molecular flexibility index (Phi) is 3.27. The molecule has 1 aromatic heterocycles. The van der Waals surface area contributed by atoms with E-state index in [1.165, 1.54) is 0 Å². The summed E-state index contributed by atoms with van der Waals surface area (Å²) >= 11 is 0. The molecule has 0 saturated heterocycles. The van der Waals surface area contributed by atoms with Crippen molar-refractivity contribution in [2.75, 3.05) is 0 Å². The lowest BCUT2D eigenvalue weighted by molar-refractivity contribution is -0.680. The van der Waals surface area contributed by atoms with Crippen molar-refractivity contribution in [3.8, 4) is 0 Å². The van der Waals surface area contributed by atoms with Crippen LogP contribution in [-0.2, 0) is 17.2 Å². The minimum absolute atomic E-state index is 0.197. The highest BCUT2D eigenvalue weighted by Gasteiger charge is 2.39. The Morgan fingerprint density at radius 2 is 2.22 bits per heavy atom. The van der Waals surface area contributed by atoms with Crippen LogP contribution in [0, 0.1) is 0 Å². The Morgan fingerprint density at radius 3 is 2.72 bits per heavy atom. The molecule has 1 aliphatic heterocycles. The number of hydrogen-bond acceptors (Lipinski definition) is 4. The van der Waals surface area contributed by atoms with Gasteiger partial charge in [0.1, 0.15) is 7.05 Å². The molecule has 18 heavy (non-hydrogen) atoms. The van der Waals surface area contributed by atoms with Crippen LogP contribution in [0.1, 0.15) is 18.0 Å². The molecule has 2 heterocycles. The summed E-state index contributed by atoms with van der Waals surface area (Å²) in [7, 11) is -2.50. The maximum atomic E-state index is 11.7. The topological polar surface area (TPSA) is 73.5 Å². The van der Waals surface area contributed by atoms with Gasteiger partial charge in [-0.3, -0.25) is 4.55 Å². The summed E-state index contributed by atoms with van der Waals surface area (Å²) in [5.41, 5.74) is 0.500. The molecule has 0 aromatic carbocycles. The Labute approximate surface area is 106 Å². The molecule has 0 amide bonds. The first-order chi connectivity index (χ1) is 8.41. The smallest absolute Gasteiger partial charge is 0.297 e. The van der Waals surface area contributed by atoms with Gasteiger partial charge in [-0.15, -0.1) is 0 Å². The van der Waals surface area contributed by atoms with Crippen molar-refractivity contribution >= 4 is 10.1 Å². The third-order valence-corrected chi connectivity index (χ3v) is 3.98. The SMILES string of the molecule is CC1NC=CN1C(c1cccc[n+]1C)S(=O)(=O)O. The van der Waals surface area contributed by atoms with E-state index in [4.69, 9.17) is 0 Å². The average molecular weight is 270 g/mol. The molecular formula is C11H16N3O3S+. The fourth-order valence-electron chi connectivity index (χ4n) is 2.02. The fourth-order valence-corrected chi connectivity index (χ4v) is 3.13. The second-order valence-electron chi connectivity index (χ2n) is 4.21. The van der Waals surface area contributed by atoms with Gasteiger partial charge < -0.3 is 10.2 Å². The fraction of sp³-hybridized carbons (Fsp3) is 0.364. The van der Waals surface area contributed by atoms with Gasteiger partial charge >= 0.3 is 0 Å². The lowest BCUT2D eigenvalue weighted by atomic mass is 10.3. The summed E-state index contributed by atoms with van der Waals surface area (Å²) < 4.78 is 34.5. The molecule has 2 N–H and O–H groups in total. The van der Waals surface area contributed by atoms with Crippen LogP contribution in [-0.4, -0.2) is 24.0 Å². The quantitative estimate of drug-likeness (QED) is 0.603. The van der Waals surface area contributed by atoms with Gasteiger partial charge in [0.05, 0.1) is 6.17 Å². The minimum Gasteiger partial charge on any atom is -0.370 e. The molecule has 0 aliphatic carbocycles. The number of nitrogens with zero attached hydrogens (tertiary/aromatic N) is 2. The van der Waals surface area contributed by atoms with Crippen LogP contribution in [0.2, 0.25) is 0 Å². The maximum Gasteiger partial charge on any atom is 0.297 e. The van der Waals surface area contributed by atoms with Crippen LogP contribution in [0.5, 0.6) is 0 Å². The van der Waals surface area contributed by atoms with Crippen molar-refractivity contribution in [1.82, 2.24) is 10.2 Å². The van der Waals surface area contributed by atoms with Gasteiger partial charge in [-0.2, -0.15) is 8.42 Å². The highest BCUT2D eigenvalue weighted by Crippen LogP contribution is 2.27. The zero-order valence-electron chi connectivity index (χ0n) is 10.2. The molecule has 0 fully saturated rings. The molecule has 0 saturated carbocycles. The van der Waals surface area contributed by atoms with Crippen LogP contribution >= 0.6 is 0 Å². The first-order valence-corrected chi connectivity index (χ1v) is 7.02. The lowest BCUT2D eigenvalue weighted by Gasteiger charge is -2.27. The van der Waals surface area contributed by atoms with E-state index in [1.807, 2.05) is 6.92 Å². The second-order valence-corrected chi connectivity index (χ2v) is 5.69. The normalized spacial score (nSPS) is 20.8. The summed E-state index contributed by atoms with van der Waals surface area (Å²) in [6.45, 7) is 1.82. The van der Waals surface area contributed by atoms with Crippen molar-refractivity contribution in [3.05, 3.63) is 42.5 Å². The third-order valence-electron chi connectivity index (χ3n) is 2.93. The summed E-state index contributed by atoms with van der Waals surface area (Å²) in [5, 5.41) is 1.85. The maximum absolute atomic E-state index is 11.7. The van der Waals surface area contributed by atoms with Gasteiger partial charge in [-0.1, -0.05) is 0 Å². The van der Waals surface area contributed by atoms with E-state index in [-0.39, 0.29) is 6.17 Å². The van der Waals surface area contributed by atoms with Gasteiger partial charge in [0.15, 0.2) is 6.20 Å². The number of aryl methyl sites for hydroxylation is 1. The van der Waals surface area contributed by atoms with Crippen molar-refractivity contribution < 1.29 is 17.5 Å². The average Bonchev–Trinajstić information content (AvgIpc) is 2.66. The molecule has 2 unspecified atom stereocenters. The van der Waals surface area contributed by atoms with E-state index in [0.29, 0.717) is 5.69 Å². The lowest BCUT2D eigenvalue weighted by Crippen LogP contribution is -2.45. The molecule has 2 rings (SSSR count). The van der Waals surface area contributed by atoms with Gasteiger partial charge in [0.25, 0.3) is 10.1 Å². The van der Waals surface area contributed by atoms with Crippen LogP contribution in [0.4, 0.5) is 0 Å². The summed E-state index contributed by atoms with van der Waals surface area (Å²) in [5.74, 6) is 0. The molecule has 0 radical (unpaired) electrons. The van der Waals surface area contributed by atoms with Crippen LogP contribution in [0.15, 0.2) is 36.8 Å². The molecule has 7 heteroatoms. The number of pyridine rings is 1. The van der Waals surface area contributed by atoms with E-state index in [1.54, 1.807) is 53.3 Å². The minimum atomic E-state index is -4.24. The molecule has 2 atom stereocenters. The van der Waals surface area contributed by atoms with E-state index in [2.05, 4.69) is 5.32 Å². The van der Waals surface area contributed by atoms with Gasteiger partial charge in [-0.25, -0.2) is 4.57 Å². The molecule has 98 valence electrons. The van der Waals surface area contributed by atoms with Crippen LogP contribution < -0.4 is 9.88 Å². The van der Waals surface area contributed by atoms with Crippen LogP contribution in [0.25, 0.3) is 0 Å². The zero-order valence-corrected chi connectivity index (χ0v) is 11.0. The summed E-state index contributed by atoms with van der Waals surface area (Å²) in [6, 6.07) is 5.22. The number of aromatic nitrogens is 1. The highest BCUT2D eigenvalue weighted by atomic mass is 32.2. The van der Waals surface area contributed by atoms with E-state index in [9.17, 15) is 13.0 Å². The molecule has 0 spiro atoms. The van der Waals surface area contributed by atoms with Gasteiger partial charge in [-0.05, 0) is 13.0 Å². The molecule has 6 nitrogen and oxygen atoms in total. The van der Waals surface area contributed by atoms with Crippen molar-refractivity contribution in [3.63, 3.8) is 0 Å². The predicted octanol–water partition coefficient (Wildman–Crippen LogP) is 0.120. The third kappa shape index (κ3) is 2.32. The Hall–Kier alpha value is -1.60. The zero-order chi connectivity index (χ0) is 13.3. The monoisotopic (exact) mass is 270 g/mol. The molecule has 1 aromatic rings. The standard InChI is InChI=1S/C11H15N3O3S/c1-9-12-6-8-14(9)11(18(15,16)17)10-5-3-4-7-13(10)2/h3-9,11-12H,1-2H3/p+1. The first-order valence-electron chi connectivity index (χ1n) is 5.52. The number of nitrogens with one attached hydrogen (secondary N) is 1. The van der Waals surface area contributed by atoms with Gasteiger partial charge in [0, 0.05) is 24.5 Å². The Balaban J connectivity index is 2.51. The van der Waals surface area contributed by atoms with E-state index >= 15 is 0 Å². The van der Waals surface area contributed by atoms with Crippen molar-refractivity contribution in [2.45, 2.75) is 18.5 Å². The number of hydrogen-bond donors (Lipinski definition) is 2. The van der Waals surface area contributed by atoms with Gasteiger partial charge in [0.2, 0.25) is 11.1 Å². The molecule has 1 aliphatic rings. The molecular weight excluding hydrogens is 254 g/mol. The second kappa shape index (κ2) is 4.58. The number of rotatable bonds is 3.